The number of halogens is 1. The number of anilines is 1. The van der Waals surface area contributed by atoms with E-state index in [1.54, 1.807) is 11.3 Å². The van der Waals surface area contributed by atoms with Crippen LogP contribution in [0.15, 0.2) is 58.4 Å². The number of hydrogen-bond acceptors (Lipinski definition) is 2. The van der Waals surface area contributed by atoms with Crippen LogP contribution in [-0.4, -0.2) is 0 Å². The van der Waals surface area contributed by atoms with Crippen LogP contribution >= 0.6 is 27.3 Å². The first kappa shape index (κ1) is 13.1. The summed E-state index contributed by atoms with van der Waals surface area (Å²) in [6.45, 7) is 0.877. The minimum Gasteiger partial charge on any atom is -0.380 e. The molecule has 1 aliphatic rings. The lowest BCUT2D eigenvalue weighted by Crippen LogP contribution is -1.97. The Morgan fingerprint density at radius 3 is 2.67 bits per heavy atom. The van der Waals surface area contributed by atoms with Crippen molar-refractivity contribution in [2.45, 2.75) is 13.0 Å². The van der Waals surface area contributed by atoms with Crippen molar-refractivity contribution in [1.29, 1.82) is 0 Å². The first-order valence-electron chi connectivity index (χ1n) is 6.99. The molecule has 0 atom stereocenters. The molecule has 1 N–H and O–H groups in total. The van der Waals surface area contributed by atoms with Gasteiger partial charge in [-0.05, 0) is 68.9 Å². The second-order valence-corrected chi connectivity index (χ2v) is 7.81. The fourth-order valence-corrected chi connectivity index (χ4v) is 4.31. The lowest BCUT2D eigenvalue weighted by atomic mass is 10.1. The summed E-state index contributed by atoms with van der Waals surface area (Å²) in [6.07, 6.45) is 1.05. The monoisotopic (exact) mass is 355 g/mol. The van der Waals surface area contributed by atoms with Gasteiger partial charge in [-0.3, -0.25) is 0 Å². The van der Waals surface area contributed by atoms with Gasteiger partial charge in [0.25, 0.3) is 0 Å². The molecule has 0 saturated heterocycles. The Bertz CT molecular complexity index is 806. The van der Waals surface area contributed by atoms with E-state index in [4.69, 9.17) is 0 Å². The number of rotatable bonds is 3. The van der Waals surface area contributed by atoms with Crippen molar-refractivity contribution in [3.05, 3.63) is 74.4 Å². The van der Waals surface area contributed by atoms with E-state index in [-0.39, 0.29) is 0 Å². The molecule has 3 heteroatoms. The number of benzene rings is 2. The average molecular weight is 356 g/mol. The van der Waals surface area contributed by atoms with E-state index >= 15 is 0 Å². The van der Waals surface area contributed by atoms with E-state index in [9.17, 15) is 0 Å². The molecule has 3 aromatic rings. The molecule has 0 fully saturated rings. The SMILES string of the molecule is Brc1ccc(CNc2ccc3c(c2)Cc2ccccc2-3)s1. The third-order valence-corrected chi connectivity index (χ3v) is 5.51. The summed E-state index contributed by atoms with van der Waals surface area (Å²) in [5, 5.41) is 3.52. The van der Waals surface area contributed by atoms with Crippen molar-refractivity contribution >= 4 is 33.0 Å². The lowest BCUT2D eigenvalue weighted by Gasteiger charge is -2.07. The van der Waals surface area contributed by atoms with Gasteiger partial charge >= 0.3 is 0 Å². The Kier molecular flexibility index (Phi) is 3.32. The molecule has 0 unspecified atom stereocenters. The minimum atomic E-state index is 0.877. The van der Waals surface area contributed by atoms with Crippen LogP contribution in [-0.2, 0) is 13.0 Å². The first-order chi connectivity index (χ1) is 10.3. The summed E-state index contributed by atoms with van der Waals surface area (Å²) in [6, 6.07) is 19.7. The van der Waals surface area contributed by atoms with Crippen LogP contribution in [0.2, 0.25) is 0 Å². The molecule has 1 nitrogen and oxygen atoms in total. The van der Waals surface area contributed by atoms with E-state index in [0.717, 1.165) is 13.0 Å². The molecule has 0 radical (unpaired) electrons. The normalized spacial score (nSPS) is 12.0. The highest BCUT2D eigenvalue weighted by Gasteiger charge is 2.17. The van der Waals surface area contributed by atoms with Gasteiger partial charge < -0.3 is 5.32 Å². The molecular formula is C18H14BrNS. The maximum atomic E-state index is 3.52. The lowest BCUT2D eigenvalue weighted by molar-refractivity contribution is 1.18. The summed E-state index contributed by atoms with van der Waals surface area (Å²) in [4.78, 5) is 1.34. The Balaban J connectivity index is 1.56. The van der Waals surface area contributed by atoms with Gasteiger partial charge in [0.05, 0.1) is 3.79 Å². The van der Waals surface area contributed by atoms with Crippen molar-refractivity contribution in [2.75, 3.05) is 5.32 Å². The third kappa shape index (κ3) is 2.52. The molecule has 0 amide bonds. The molecule has 21 heavy (non-hydrogen) atoms. The van der Waals surface area contributed by atoms with E-state index in [2.05, 4.69) is 75.8 Å². The third-order valence-electron chi connectivity index (χ3n) is 3.89. The molecule has 0 saturated carbocycles. The summed E-state index contributed by atoms with van der Waals surface area (Å²) in [5.74, 6) is 0. The summed E-state index contributed by atoms with van der Waals surface area (Å²) >= 11 is 5.28. The fraction of sp³-hybridized carbons (Fsp3) is 0.111. The molecule has 0 aliphatic heterocycles. The van der Waals surface area contributed by atoms with Gasteiger partial charge in [0.1, 0.15) is 0 Å². The largest absolute Gasteiger partial charge is 0.380 e. The molecule has 0 bridgehead atoms. The van der Waals surface area contributed by atoms with E-state index in [1.165, 1.54) is 36.6 Å². The topological polar surface area (TPSA) is 12.0 Å². The Hall–Kier alpha value is -1.58. The zero-order valence-electron chi connectivity index (χ0n) is 11.4. The minimum absolute atomic E-state index is 0.877. The Morgan fingerprint density at radius 1 is 0.952 bits per heavy atom. The average Bonchev–Trinajstić information content (AvgIpc) is 3.07. The fourth-order valence-electron chi connectivity index (χ4n) is 2.89. The van der Waals surface area contributed by atoms with Gasteiger partial charge in [-0.1, -0.05) is 30.3 Å². The molecule has 1 heterocycles. The Morgan fingerprint density at radius 2 is 1.81 bits per heavy atom. The summed E-state index contributed by atoms with van der Waals surface area (Å²) in [5.41, 5.74) is 6.84. The van der Waals surface area contributed by atoms with Gasteiger partial charge in [-0.2, -0.15) is 0 Å². The summed E-state index contributed by atoms with van der Waals surface area (Å²) < 4.78 is 1.18. The van der Waals surface area contributed by atoms with Crippen LogP contribution in [0.1, 0.15) is 16.0 Å². The molecular weight excluding hydrogens is 342 g/mol. The van der Waals surface area contributed by atoms with Crippen LogP contribution in [0.5, 0.6) is 0 Å². The van der Waals surface area contributed by atoms with E-state index in [1.807, 2.05) is 0 Å². The molecule has 4 rings (SSSR count). The highest BCUT2D eigenvalue weighted by atomic mass is 79.9. The van der Waals surface area contributed by atoms with Crippen molar-refractivity contribution in [1.82, 2.24) is 0 Å². The first-order valence-corrected chi connectivity index (χ1v) is 8.60. The van der Waals surface area contributed by atoms with Crippen LogP contribution in [0.4, 0.5) is 5.69 Å². The smallest absolute Gasteiger partial charge is 0.0702 e. The highest BCUT2D eigenvalue weighted by molar-refractivity contribution is 9.11. The second kappa shape index (κ2) is 5.32. The van der Waals surface area contributed by atoms with Crippen LogP contribution in [0, 0.1) is 0 Å². The molecule has 0 spiro atoms. The van der Waals surface area contributed by atoms with Crippen LogP contribution in [0.3, 0.4) is 0 Å². The zero-order valence-corrected chi connectivity index (χ0v) is 13.8. The van der Waals surface area contributed by atoms with Crippen molar-refractivity contribution in [2.24, 2.45) is 0 Å². The zero-order chi connectivity index (χ0) is 14.2. The maximum absolute atomic E-state index is 3.52. The van der Waals surface area contributed by atoms with Gasteiger partial charge in [0.15, 0.2) is 0 Å². The predicted molar refractivity (Wildman–Crippen MR) is 94.0 cm³/mol. The number of thiophene rings is 1. The molecule has 104 valence electrons. The van der Waals surface area contributed by atoms with Gasteiger partial charge in [-0.15, -0.1) is 11.3 Å². The van der Waals surface area contributed by atoms with Gasteiger partial charge in [0, 0.05) is 17.1 Å². The van der Waals surface area contributed by atoms with Crippen LogP contribution < -0.4 is 5.32 Å². The predicted octanol–water partition coefficient (Wildman–Crippen LogP) is 5.69. The Labute approximate surface area is 136 Å². The van der Waals surface area contributed by atoms with Gasteiger partial charge in [0.2, 0.25) is 0 Å². The van der Waals surface area contributed by atoms with E-state index < -0.39 is 0 Å². The quantitative estimate of drug-likeness (QED) is 0.497. The van der Waals surface area contributed by atoms with Crippen LogP contribution in [0.25, 0.3) is 11.1 Å². The van der Waals surface area contributed by atoms with Crippen molar-refractivity contribution < 1.29 is 0 Å². The second-order valence-electron chi connectivity index (χ2n) is 5.27. The number of hydrogen-bond donors (Lipinski definition) is 1. The van der Waals surface area contributed by atoms with E-state index in [0.29, 0.717) is 0 Å². The highest BCUT2D eigenvalue weighted by Crippen LogP contribution is 2.37. The van der Waals surface area contributed by atoms with Crippen molar-refractivity contribution in [3.63, 3.8) is 0 Å². The number of nitrogens with one attached hydrogen (secondary N) is 1. The summed E-state index contributed by atoms with van der Waals surface area (Å²) in [7, 11) is 0. The standard InChI is InChI=1S/C18H14BrNS/c19-18-8-6-15(21-18)11-20-14-5-7-17-13(10-14)9-12-3-1-2-4-16(12)17/h1-8,10,20H,9,11H2. The van der Waals surface area contributed by atoms with Crippen molar-refractivity contribution in [3.8, 4) is 11.1 Å². The number of fused-ring (bicyclic) bond motifs is 3. The molecule has 1 aromatic heterocycles. The maximum Gasteiger partial charge on any atom is 0.0702 e. The molecule has 1 aliphatic carbocycles. The van der Waals surface area contributed by atoms with Gasteiger partial charge in [-0.25, -0.2) is 0 Å². The molecule has 2 aromatic carbocycles.